The van der Waals surface area contributed by atoms with E-state index in [1.165, 1.54) is 12.1 Å². The van der Waals surface area contributed by atoms with Crippen LogP contribution in [0.5, 0.6) is 0 Å². The second-order valence-corrected chi connectivity index (χ2v) is 9.74. The Morgan fingerprint density at radius 2 is 1.52 bits per heavy atom. The van der Waals surface area contributed by atoms with Crippen molar-refractivity contribution in [1.82, 2.24) is 4.31 Å². The van der Waals surface area contributed by atoms with Crippen LogP contribution in [0.2, 0.25) is 0 Å². The first kappa shape index (κ1) is 25.0. The number of piperidine rings is 1. The van der Waals surface area contributed by atoms with Gasteiger partial charge in [-0.05, 0) is 50.1 Å². The molecular weight excluding hydrogens is 474 g/mol. The van der Waals surface area contributed by atoms with Crippen molar-refractivity contribution in [2.75, 3.05) is 18.4 Å². The van der Waals surface area contributed by atoms with E-state index in [-0.39, 0.29) is 30.5 Å². The molecule has 1 aliphatic rings. The molecule has 5 nitrogen and oxygen atoms in total. The number of sulfonamides is 1. The van der Waals surface area contributed by atoms with Gasteiger partial charge in [0.15, 0.2) is 0 Å². The number of anilines is 1. The van der Waals surface area contributed by atoms with Crippen LogP contribution in [0, 0.1) is 12.8 Å². The largest absolute Gasteiger partial charge is 0.416 e. The fraction of sp³-hybridized carbons (Fsp3) is 0.381. The molecule has 0 unspecified atom stereocenters. The van der Waals surface area contributed by atoms with Crippen LogP contribution in [0.4, 0.5) is 32.0 Å². The zero-order chi connectivity index (χ0) is 24.6. The van der Waals surface area contributed by atoms with Crippen LogP contribution in [-0.4, -0.2) is 31.7 Å². The van der Waals surface area contributed by atoms with Crippen molar-refractivity contribution in [2.24, 2.45) is 5.92 Å². The zero-order valence-electron chi connectivity index (χ0n) is 17.3. The summed E-state index contributed by atoms with van der Waals surface area (Å²) < 4.78 is 105. The van der Waals surface area contributed by atoms with Crippen LogP contribution in [0.25, 0.3) is 0 Å². The lowest BCUT2D eigenvalue weighted by atomic mass is 9.98. The average molecular weight is 494 g/mol. The van der Waals surface area contributed by atoms with Crippen molar-refractivity contribution < 1.29 is 39.6 Å². The zero-order valence-corrected chi connectivity index (χ0v) is 18.1. The number of hydrogen-bond acceptors (Lipinski definition) is 3. The lowest BCUT2D eigenvalue weighted by Gasteiger charge is -2.31. The number of rotatable bonds is 4. The predicted molar refractivity (Wildman–Crippen MR) is 108 cm³/mol. The molecule has 1 N–H and O–H groups in total. The van der Waals surface area contributed by atoms with Crippen LogP contribution < -0.4 is 5.32 Å². The molecule has 0 saturated carbocycles. The van der Waals surface area contributed by atoms with E-state index in [4.69, 9.17) is 0 Å². The lowest BCUT2D eigenvalue weighted by Crippen LogP contribution is -2.43. The summed E-state index contributed by atoms with van der Waals surface area (Å²) in [5, 5.41) is 2.10. The van der Waals surface area contributed by atoms with E-state index in [2.05, 4.69) is 5.32 Å². The lowest BCUT2D eigenvalue weighted by molar-refractivity contribution is -0.143. The quantitative estimate of drug-likeness (QED) is 0.604. The van der Waals surface area contributed by atoms with Crippen molar-refractivity contribution >= 4 is 21.6 Å². The molecule has 1 heterocycles. The Kier molecular flexibility index (Phi) is 6.81. The van der Waals surface area contributed by atoms with E-state index in [1.807, 2.05) is 0 Å². The second kappa shape index (κ2) is 8.98. The van der Waals surface area contributed by atoms with Gasteiger partial charge in [-0.15, -0.1) is 0 Å². The fourth-order valence-electron chi connectivity index (χ4n) is 3.51. The summed E-state index contributed by atoms with van der Waals surface area (Å²) in [5.74, 6) is -1.80. The monoisotopic (exact) mass is 494 g/mol. The Balaban J connectivity index is 1.81. The molecule has 0 aromatic heterocycles. The van der Waals surface area contributed by atoms with Gasteiger partial charge in [0.05, 0.1) is 21.9 Å². The number of carbonyl (C=O) groups is 1. The summed E-state index contributed by atoms with van der Waals surface area (Å²) in [7, 11) is -3.91. The number of aryl methyl sites for hydroxylation is 1. The van der Waals surface area contributed by atoms with E-state index in [0.29, 0.717) is 18.6 Å². The Morgan fingerprint density at radius 3 is 2.03 bits per heavy atom. The molecule has 1 atom stereocenters. The average Bonchev–Trinajstić information content (AvgIpc) is 2.72. The number of amides is 1. The number of hydrogen-bond donors (Lipinski definition) is 1. The van der Waals surface area contributed by atoms with Crippen molar-refractivity contribution in [3.05, 3.63) is 59.2 Å². The molecule has 0 radical (unpaired) electrons. The van der Waals surface area contributed by atoms with Crippen LogP contribution in [0.1, 0.15) is 29.5 Å². The van der Waals surface area contributed by atoms with Gasteiger partial charge in [-0.1, -0.05) is 17.7 Å². The summed E-state index contributed by atoms with van der Waals surface area (Å²) in [6, 6.07) is 6.88. The van der Waals surface area contributed by atoms with Gasteiger partial charge in [0.1, 0.15) is 0 Å². The molecular formula is C21H20F6N2O3S. The summed E-state index contributed by atoms with van der Waals surface area (Å²) >= 11 is 0. The fourth-order valence-corrected chi connectivity index (χ4v) is 5.03. The van der Waals surface area contributed by atoms with Crippen LogP contribution in [0.15, 0.2) is 47.4 Å². The van der Waals surface area contributed by atoms with E-state index < -0.39 is 51.0 Å². The van der Waals surface area contributed by atoms with Gasteiger partial charge in [-0.25, -0.2) is 8.42 Å². The van der Waals surface area contributed by atoms with Gasteiger partial charge < -0.3 is 5.32 Å². The number of halogens is 6. The molecule has 2 aromatic rings. The van der Waals surface area contributed by atoms with E-state index in [0.717, 1.165) is 9.87 Å². The highest BCUT2D eigenvalue weighted by Gasteiger charge is 2.38. The van der Waals surface area contributed by atoms with Crippen LogP contribution in [0.3, 0.4) is 0 Å². The molecule has 180 valence electrons. The van der Waals surface area contributed by atoms with Crippen molar-refractivity contribution in [1.29, 1.82) is 0 Å². The SMILES string of the molecule is Cc1ccc(S(=O)(=O)N2CCC[C@H](C(=O)Nc3cc(C(F)(F)F)cc(C(F)(F)F)c3)C2)cc1. The molecule has 0 spiro atoms. The maximum Gasteiger partial charge on any atom is 0.416 e. The Morgan fingerprint density at radius 1 is 0.970 bits per heavy atom. The number of benzene rings is 2. The Hall–Kier alpha value is -2.60. The third kappa shape index (κ3) is 5.85. The summed E-state index contributed by atoms with van der Waals surface area (Å²) in [6.45, 7) is 1.69. The highest BCUT2D eigenvalue weighted by atomic mass is 32.2. The molecule has 1 saturated heterocycles. The number of nitrogens with zero attached hydrogens (tertiary/aromatic N) is 1. The maximum atomic E-state index is 13.0. The Labute approximate surface area is 186 Å². The van der Waals surface area contributed by atoms with E-state index >= 15 is 0 Å². The first-order valence-electron chi connectivity index (χ1n) is 9.85. The van der Waals surface area contributed by atoms with Crippen molar-refractivity contribution in [2.45, 2.75) is 37.0 Å². The molecule has 1 amide bonds. The smallest absolute Gasteiger partial charge is 0.326 e. The standard InChI is InChI=1S/C21H20F6N2O3S/c1-13-4-6-18(7-5-13)33(31,32)29-8-2-3-14(12-29)19(30)28-17-10-15(20(22,23)24)9-16(11-17)21(25,26)27/h4-7,9-11,14H,2-3,8,12H2,1H3,(H,28,30)/t14-/m0/s1. The molecule has 0 aliphatic carbocycles. The third-order valence-corrected chi connectivity index (χ3v) is 7.15. The molecule has 12 heteroatoms. The van der Waals surface area contributed by atoms with E-state index in [9.17, 15) is 39.6 Å². The summed E-state index contributed by atoms with van der Waals surface area (Å²) in [5.41, 5.74) is -2.93. The van der Waals surface area contributed by atoms with Gasteiger partial charge in [-0.2, -0.15) is 30.6 Å². The number of nitrogens with one attached hydrogen (secondary N) is 1. The first-order valence-corrected chi connectivity index (χ1v) is 11.3. The highest BCUT2D eigenvalue weighted by Crippen LogP contribution is 2.37. The molecule has 0 bridgehead atoms. The van der Waals surface area contributed by atoms with Gasteiger partial charge in [-0.3, -0.25) is 4.79 Å². The number of carbonyl (C=O) groups excluding carboxylic acids is 1. The van der Waals surface area contributed by atoms with Gasteiger partial charge in [0, 0.05) is 18.8 Å². The Bertz CT molecular complexity index is 1100. The maximum absolute atomic E-state index is 13.0. The van der Waals surface area contributed by atoms with Crippen molar-refractivity contribution in [3.63, 3.8) is 0 Å². The van der Waals surface area contributed by atoms with Gasteiger partial charge in [0.25, 0.3) is 0 Å². The third-order valence-electron chi connectivity index (χ3n) is 5.27. The minimum absolute atomic E-state index is 0.0295. The molecule has 3 rings (SSSR count). The molecule has 1 fully saturated rings. The molecule has 2 aromatic carbocycles. The minimum atomic E-state index is -5.05. The normalized spacial score (nSPS) is 18.2. The second-order valence-electron chi connectivity index (χ2n) is 7.80. The molecule has 1 aliphatic heterocycles. The predicted octanol–water partition coefficient (Wildman–Crippen LogP) is 5.07. The van der Waals surface area contributed by atoms with Gasteiger partial charge >= 0.3 is 12.4 Å². The van der Waals surface area contributed by atoms with Crippen LogP contribution >= 0.6 is 0 Å². The molecule has 33 heavy (non-hydrogen) atoms. The minimum Gasteiger partial charge on any atom is -0.326 e. The summed E-state index contributed by atoms with van der Waals surface area (Å²) in [4.78, 5) is 12.7. The van der Waals surface area contributed by atoms with Gasteiger partial charge in [0.2, 0.25) is 15.9 Å². The first-order chi connectivity index (χ1) is 15.2. The van der Waals surface area contributed by atoms with Crippen LogP contribution in [-0.2, 0) is 27.2 Å². The topological polar surface area (TPSA) is 66.5 Å². The number of alkyl halides is 6. The summed E-state index contributed by atoms with van der Waals surface area (Å²) in [6.07, 6.45) is -9.56. The van der Waals surface area contributed by atoms with Crippen molar-refractivity contribution in [3.8, 4) is 0 Å². The highest BCUT2D eigenvalue weighted by molar-refractivity contribution is 7.89. The van der Waals surface area contributed by atoms with E-state index in [1.54, 1.807) is 19.1 Å².